The Kier molecular flexibility index (Phi) is 5.19. The highest BCUT2D eigenvalue weighted by molar-refractivity contribution is 5.73. The highest BCUT2D eigenvalue weighted by Gasteiger charge is 2.46. The lowest BCUT2D eigenvalue weighted by Gasteiger charge is -2.31. The van der Waals surface area contributed by atoms with E-state index in [1.54, 1.807) is 32.9 Å². The van der Waals surface area contributed by atoms with Gasteiger partial charge >= 0.3 is 12.2 Å². The molecule has 2 atom stereocenters. The minimum atomic E-state index is -0.647. The van der Waals surface area contributed by atoms with Gasteiger partial charge in [0.05, 0.1) is 24.7 Å². The summed E-state index contributed by atoms with van der Waals surface area (Å²) in [5.74, 6) is 0.666. The Bertz CT molecular complexity index is 1050. The summed E-state index contributed by atoms with van der Waals surface area (Å²) in [6.45, 7) is 5.75. The average Bonchev–Trinajstić information content (AvgIpc) is 3.04. The number of carbonyl (C=O) groups excluding carboxylic acids is 2. The molecule has 2 aromatic rings. The Hall–Kier alpha value is -3.73. The van der Waals surface area contributed by atoms with Gasteiger partial charge in [0.2, 0.25) is 6.23 Å². The minimum Gasteiger partial charge on any atom is -0.466 e. The summed E-state index contributed by atoms with van der Waals surface area (Å²) in [6, 6.07) is 15.2. The average molecular weight is 421 g/mol. The van der Waals surface area contributed by atoms with E-state index in [-0.39, 0.29) is 6.54 Å². The fraction of sp³-hybridized carbons (Fsp3) is 0.348. The van der Waals surface area contributed by atoms with Crippen molar-refractivity contribution >= 4 is 12.2 Å². The van der Waals surface area contributed by atoms with Crippen LogP contribution in [0.15, 0.2) is 42.5 Å². The second-order valence-corrected chi connectivity index (χ2v) is 8.45. The first-order valence-electron chi connectivity index (χ1n) is 9.98. The van der Waals surface area contributed by atoms with Gasteiger partial charge in [-0.3, -0.25) is 4.90 Å². The minimum absolute atomic E-state index is 0.0838. The van der Waals surface area contributed by atoms with Crippen LogP contribution in [0.5, 0.6) is 5.75 Å². The zero-order valence-corrected chi connectivity index (χ0v) is 17.5. The molecule has 31 heavy (non-hydrogen) atoms. The van der Waals surface area contributed by atoms with E-state index in [0.29, 0.717) is 17.9 Å². The van der Waals surface area contributed by atoms with E-state index in [2.05, 4.69) is 11.4 Å². The number of rotatable bonds is 3. The summed E-state index contributed by atoms with van der Waals surface area (Å²) in [6.07, 6.45) is -2.34. The lowest BCUT2D eigenvalue weighted by molar-refractivity contribution is 0.0145. The fourth-order valence-electron chi connectivity index (χ4n) is 3.54. The molecule has 1 N–H and O–H groups in total. The van der Waals surface area contributed by atoms with E-state index in [0.717, 1.165) is 16.7 Å². The number of hydrogen-bond donors (Lipinski definition) is 1. The van der Waals surface area contributed by atoms with E-state index in [1.807, 2.05) is 30.3 Å². The molecule has 2 heterocycles. The van der Waals surface area contributed by atoms with Gasteiger partial charge in [0, 0.05) is 5.56 Å². The Morgan fingerprint density at radius 3 is 2.58 bits per heavy atom. The van der Waals surface area contributed by atoms with Crippen LogP contribution in [0, 0.1) is 11.3 Å². The van der Waals surface area contributed by atoms with Gasteiger partial charge in [-0.1, -0.05) is 18.2 Å². The summed E-state index contributed by atoms with van der Waals surface area (Å²) < 4.78 is 16.7. The molecule has 0 unspecified atom stereocenters. The van der Waals surface area contributed by atoms with Gasteiger partial charge in [-0.2, -0.15) is 5.26 Å². The van der Waals surface area contributed by atoms with Crippen molar-refractivity contribution in [2.75, 3.05) is 6.54 Å². The van der Waals surface area contributed by atoms with Crippen molar-refractivity contribution in [3.8, 4) is 22.9 Å². The molecule has 2 aliphatic heterocycles. The maximum Gasteiger partial charge on any atom is 0.413 e. The number of cyclic esters (lactones) is 1. The van der Waals surface area contributed by atoms with Crippen molar-refractivity contribution in [1.82, 2.24) is 10.2 Å². The first kappa shape index (κ1) is 20.5. The largest absolute Gasteiger partial charge is 0.466 e. The van der Waals surface area contributed by atoms with E-state index >= 15 is 0 Å². The standard InChI is InChI=1S/C23H23N3O5/c1-23(2,3)31-21(27)25-12-19-20-26(22(28)30-19)13-17-10-16(8-9-18(17)29-20)15-6-4-14(11-24)5-7-15/h4-10,19-20H,12-13H2,1-3H3,(H,25,27)/t19-,20-/m0/s1. The number of nitrogens with zero attached hydrogens (tertiary/aromatic N) is 2. The molecule has 0 spiro atoms. The third-order valence-corrected chi connectivity index (χ3v) is 4.95. The summed E-state index contributed by atoms with van der Waals surface area (Å²) >= 11 is 0. The SMILES string of the molecule is CC(C)(C)OC(=O)NC[C@@H]1OC(=O)N2Cc3cc(-c4ccc(C#N)cc4)ccc3O[C@@H]12. The monoisotopic (exact) mass is 421 g/mol. The van der Waals surface area contributed by atoms with E-state index in [9.17, 15) is 9.59 Å². The van der Waals surface area contributed by atoms with Crippen molar-refractivity contribution in [3.05, 3.63) is 53.6 Å². The predicted molar refractivity (Wildman–Crippen MR) is 111 cm³/mol. The van der Waals surface area contributed by atoms with Crippen molar-refractivity contribution in [3.63, 3.8) is 0 Å². The molecular formula is C23H23N3O5. The van der Waals surface area contributed by atoms with Gasteiger partial charge in [-0.05, 0) is 56.2 Å². The first-order chi connectivity index (χ1) is 14.7. The summed E-state index contributed by atoms with van der Waals surface area (Å²) in [4.78, 5) is 25.8. The second-order valence-electron chi connectivity index (χ2n) is 8.45. The Labute approximate surface area is 180 Å². The van der Waals surface area contributed by atoms with E-state index < -0.39 is 30.1 Å². The number of carbonyl (C=O) groups is 2. The zero-order valence-electron chi connectivity index (χ0n) is 17.5. The normalized spacial score (nSPS) is 19.4. The molecule has 0 aromatic heterocycles. The molecule has 1 fully saturated rings. The van der Waals surface area contributed by atoms with Crippen LogP contribution in [-0.4, -0.2) is 41.6 Å². The van der Waals surface area contributed by atoms with Crippen LogP contribution in [0.2, 0.25) is 0 Å². The van der Waals surface area contributed by atoms with Crippen LogP contribution in [0.1, 0.15) is 31.9 Å². The number of nitrogens with one attached hydrogen (secondary N) is 1. The molecule has 0 aliphatic carbocycles. The van der Waals surface area contributed by atoms with Crippen molar-refractivity contribution in [2.45, 2.75) is 45.2 Å². The van der Waals surface area contributed by atoms with Crippen molar-refractivity contribution < 1.29 is 23.8 Å². The smallest absolute Gasteiger partial charge is 0.413 e. The number of nitriles is 1. The van der Waals surface area contributed by atoms with Crippen LogP contribution in [0.3, 0.4) is 0 Å². The van der Waals surface area contributed by atoms with E-state index in [4.69, 9.17) is 19.5 Å². The van der Waals surface area contributed by atoms with Crippen molar-refractivity contribution in [1.29, 1.82) is 5.26 Å². The number of hydrogen-bond acceptors (Lipinski definition) is 6. The number of ether oxygens (including phenoxy) is 3. The summed E-state index contributed by atoms with van der Waals surface area (Å²) in [5, 5.41) is 11.6. The van der Waals surface area contributed by atoms with Crippen LogP contribution in [-0.2, 0) is 16.0 Å². The molecule has 2 aromatic carbocycles. The fourth-order valence-corrected chi connectivity index (χ4v) is 3.54. The molecular weight excluding hydrogens is 398 g/mol. The number of benzene rings is 2. The molecule has 0 radical (unpaired) electrons. The third kappa shape index (κ3) is 4.40. The quantitative estimate of drug-likeness (QED) is 0.809. The zero-order chi connectivity index (χ0) is 22.2. The van der Waals surface area contributed by atoms with Gasteiger partial charge in [-0.15, -0.1) is 0 Å². The maximum absolute atomic E-state index is 12.4. The number of alkyl carbamates (subject to hydrolysis) is 1. The molecule has 0 saturated carbocycles. The van der Waals surface area contributed by atoms with Crippen LogP contribution in [0.4, 0.5) is 9.59 Å². The number of amides is 2. The molecule has 0 bridgehead atoms. The second kappa shape index (κ2) is 7.84. The Morgan fingerprint density at radius 2 is 1.90 bits per heavy atom. The highest BCUT2D eigenvalue weighted by atomic mass is 16.6. The van der Waals surface area contributed by atoms with Gasteiger partial charge in [0.15, 0.2) is 6.10 Å². The third-order valence-electron chi connectivity index (χ3n) is 4.95. The van der Waals surface area contributed by atoms with Crippen LogP contribution >= 0.6 is 0 Å². The maximum atomic E-state index is 12.4. The van der Waals surface area contributed by atoms with Crippen LogP contribution < -0.4 is 10.1 Å². The van der Waals surface area contributed by atoms with Gasteiger partial charge in [-0.25, -0.2) is 9.59 Å². The van der Waals surface area contributed by atoms with Crippen molar-refractivity contribution in [2.24, 2.45) is 0 Å². The lowest BCUT2D eigenvalue weighted by Crippen LogP contribution is -2.48. The molecule has 160 valence electrons. The molecule has 4 rings (SSSR count). The lowest BCUT2D eigenvalue weighted by atomic mass is 10.0. The topological polar surface area (TPSA) is 101 Å². The Balaban J connectivity index is 1.47. The van der Waals surface area contributed by atoms with Gasteiger partial charge in [0.25, 0.3) is 0 Å². The Morgan fingerprint density at radius 1 is 1.19 bits per heavy atom. The van der Waals surface area contributed by atoms with Gasteiger partial charge < -0.3 is 19.5 Å². The summed E-state index contributed by atoms with van der Waals surface area (Å²) in [7, 11) is 0. The molecule has 8 nitrogen and oxygen atoms in total. The molecule has 1 saturated heterocycles. The van der Waals surface area contributed by atoms with Crippen LogP contribution in [0.25, 0.3) is 11.1 Å². The highest BCUT2D eigenvalue weighted by Crippen LogP contribution is 2.36. The molecule has 2 aliphatic rings. The predicted octanol–water partition coefficient (Wildman–Crippen LogP) is 3.79. The summed E-state index contributed by atoms with van der Waals surface area (Å²) in [5.41, 5.74) is 2.76. The molecule has 8 heteroatoms. The van der Waals surface area contributed by atoms with E-state index in [1.165, 1.54) is 4.90 Å². The number of fused-ring (bicyclic) bond motifs is 2. The first-order valence-corrected chi connectivity index (χ1v) is 9.98. The molecule has 2 amide bonds. The van der Waals surface area contributed by atoms with Gasteiger partial charge in [0.1, 0.15) is 11.4 Å².